The number of hydrogen-bond acceptors (Lipinski definition) is 1. The molecule has 0 bridgehead atoms. The lowest BCUT2D eigenvalue weighted by atomic mass is 9.68. The SMILES string of the molecule is CCCCCCCCCCCCCCNC1(CCC)CCCCC1CCC. The molecule has 162 valence electrons. The van der Waals surface area contributed by atoms with Crippen LogP contribution in [-0.4, -0.2) is 12.1 Å². The highest BCUT2D eigenvalue weighted by atomic mass is 15.0. The Balaban J connectivity index is 2.06. The van der Waals surface area contributed by atoms with Crippen molar-refractivity contribution in [3.8, 4) is 0 Å². The Hall–Kier alpha value is -0.0400. The highest BCUT2D eigenvalue weighted by Gasteiger charge is 2.38. The van der Waals surface area contributed by atoms with Gasteiger partial charge in [-0.15, -0.1) is 0 Å². The van der Waals surface area contributed by atoms with Crippen LogP contribution in [0.25, 0.3) is 0 Å². The maximum absolute atomic E-state index is 4.11. The van der Waals surface area contributed by atoms with Gasteiger partial charge in [0.15, 0.2) is 0 Å². The van der Waals surface area contributed by atoms with Crippen molar-refractivity contribution in [1.29, 1.82) is 0 Å². The Morgan fingerprint density at radius 2 is 1.26 bits per heavy atom. The number of nitrogens with one attached hydrogen (secondary N) is 1. The van der Waals surface area contributed by atoms with E-state index in [-0.39, 0.29) is 0 Å². The van der Waals surface area contributed by atoms with E-state index in [1.807, 2.05) is 0 Å². The third kappa shape index (κ3) is 10.9. The molecule has 0 aromatic carbocycles. The van der Waals surface area contributed by atoms with E-state index in [1.54, 1.807) is 0 Å². The second kappa shape index (κ2) is 16.9. The molecule has 0 aliphatic heterocycles. The molecule has 1 aliphatic carbocycles. The Morgan fingerprint density at radius 3 is 1.81 bits per heavy atom. The van der Waals surface area contributed by atoms with Gasteiger partial charge in [0.1, 0.15) is 0 Å². The average Bonchev–Trinajstić information content (AvgIpc) is 2.68. The molecule has 1 heteroatoms. The standard InChI is InChI=1S/C26H53N/c1-4-7-8-9-10-11-12-13-14-15-16-19-24-27-26(22-6-3)23-18-17-21-25(26)20-5-2/h25,27H,4-24H2,1-3H3. The highest BCUT2D eigenvalue weighted by molar-refractivity contribution is 4.96. The van der Waals surface area contributed by atoms with Crippen molar-refractivity contribution in [1.82, 2.24) is 5.32 Å². The van der Waals surface area contributed by atoms with Gasteiger partial charge in [-0.3, -0.25) is 0 Å². The lowest BCUT2D eigenvalue weighted by molar-refractivity contribution is 0.119. The topological polar surface area (TPSA) is 12.0 Å². The fourth-order valence-corrected chi connectivity index (χ4v) is 5.48. The lowest BCUT2D eigenvalue weighted by Crippen LogP contribution is -2.53. The van der Waals surface area contributed by atoms with E-state index in [2.05, 4.69) is 26.1 Å². The monoisotopic (exact) mass is 379 g/mol. The Labute approximate surface area is 172 Å². The Kier molecular flexibility index (Phi) is 15.6. The summed E-state index contributed by atoms with van der Waals surface area (Å²) in [5, 5.41) is 4.11. The first-order valence-corrected chi connectivity index (χ1v) is 13.0. The van der Waals surface area contributed by atoms with E-state index in [1.165, 1.54) is 135 Å². The lowest BCUT2D eigenvalue weighted by Gasteiger charge is -2.46. The molecule has 0 aromatic rings. The van der Waals surface area contributed by atoms with Crippen molar-refractivity contribution in [3.63, 3.8) is 0 Å². The molecule has 2 atom stereocenters. The molecule has 27 heavy (non-hydrogen) atoms. The first kappa shape index (κ1) is 25.0. The number of unbranched alkanes of at least 4 members (excludes halogenated alkanes) is 11. The molecule has 1 rings (SSSR count). The molecule has 0 radical (unpaired) electrons. The minimum absolute atomic E-state index is 0.487. The van der Waals surface area contributed by atoms with Gasteiger partial charge in [-0.25, -0.2) is 0 Å². The van der Waals surface area contributed by atoms with Crippen LogP contribution in [0, 0.1) is 5.92 Å². The minimum atomic E-state index is 0.487. The molecule has 1 nitrogen and oxygen atoms in total. The largest absolute Gasteiger partial charge is 0.311 e. The summed E-state index contributed by atoms with van der Waals surface area (Å²) < 4.78 is 0. The van der Waals surface area contributed by atoms with Gasteiger partial charge in [0.05, 0.1) is 0 Å². The van der Waals surface area contributed by atoms with Crippen molar-refractivity contribution >= 4 is 0 Å². The van der Waals surface area contributed by atoms with Crippen LogP contribution in [0.4, 0.5) is 0 Å². The summed E-state index contributed by atoms with van der Waals surface area (Å²) in [5.41, 5.74) is 0.487. The summed E-state index contributed by atoms with van der Waals surface area (Å²) in [4.78, 5) is 0. The van der Waals surface area contributed by atoms with Crippen molar-refractivity contribution in [2.45, 2.75) is 155 Å². The highest BCUT2D eigenvalue weighted by Crippen LogP contribution is 2.39. The van der Waals surface area contributed by atoms with E-state index in [0.717, 1.165) is 5.92 Å². The smallest absolute Gasteiger partial charge is 0.0209 e. The van der Waals surface area contributed by atoms with E-state index in [4.69, 9.17) is 0 Å². The van der Waals surface area contributed by atoms with Crippen molar-refractivity contribution < 1.29 is 0 Å². The average molecular weight is 380 g/mol. The van der Waals surface area contributed by atoms with E-state index in [9.17, 15) is 0 Å². The van der Waals surface area contributed by atoms with Gasteiger partial charge < -0.3 is 5.32 Å². The zero-order chi connectivity index (χ0) is 19.6. The summed E-state index contributed by atoms with van der Waals surface area (Å²) in [6.45, 7) is 8.32. The molecule has 0 aromatic heterocycles. The van der Waals surface area contributed by atoms with Gasteiger partial charge in [-0.05, 0) is 44.6 Å². The fourth-order valence-electron chi connectivity index (χ4n) is 5.48. The third-order valence-electron chi connectivity index (χ3n) is 7.05. The van der Waals surface area contributed by atoms with Gasteiger partial charge in [0.25, 0.3) is 0 Å². The predicted molar refractivity (Wildman–Crippen MR) is 124 cm³/mol. The Morgan fingerprint density at radius 1 is 0.667 bits per heavy atom. The van der Waals surface area contributed by atoms with E-state index < -0.39 is 0 Å². The van der Waals surface area contributed by atoms with Crippen molar-refractivity contribution in [2.75, 3.05) is 6.54 Å². The van der Waals surface area contributed by atoms with Crippen LogP contribution in [0.1, 0.15) is 149 Å². The molecular formula is C26H53N. The maximum Gasteiger partial charge on any atom is 0.0209 e. The number of hydrogen-bond donors (Lipinski definition) is 1. The van der Waals surface area contributed by atoms with Crippen molar-refractivity contribution in [2.24, 2.45) is 5.92 Å². The van der Waals surface area contributed by atoms with E-state index >= 15 is 0 Å². The summed E-state index contributed by atoms with van der Waals surface area (Å²) in [6.07, 6.45) is 28.7. The quantitative estimate of drug-likeness (QED) is 0.234. The second-order valence-corrected chi connectivity index (χ2v) is 9.45. The van der Waals surface area contributed by atoms with Gasteiger partial charge in [-0.2, -0.15) is 0 Å². The Bertz CT molecular complexity index is 307. The fraction of sp³-hybridized carbons (Fsp3) is 1.00. The molecule has 1 aliphatic rings. The van der Waals surface area contributed by atoms with Crippen LogP contribution >= 0.6 is 0 Å². The first-order chi connectivity index (χ1) is 13.3. The predicted octanol–water partition coefficient (Wildman–Crippen LogP) is 8.81. The minimum Gasteiger partial charge on any atom is -0.311 e. The van der Waals surface area contributed by atoms with Gasteiger partial charge in [-0.1, -0.05) is 117 Å². The zero-order valence-corrected chi connectivity index (χ0v) is 19.4. The normalized spacial score (nSPS) is 23.0. The van der Waals surface area contributed by atoms with Gasteiger partial charge in [0, 0.05) is 5.54 Å². The van der Waals surface area contributed by atoms with Crippen LogP contribution in [0.5, 0.6) is 0 Å². The van der Waals surface area contributed by atoms with Crippen molar-refractivity contribution in [3.05, 3.63) is 0 Å². The van der Waals surface area contributed by atoms with Gasteiger partial charge >= 0.3 is 0 Å². The summed E-state index contributed by atoms with van der Waals surface area (Å²) in [6, 6.07) is 0. The van der Waals surface area contributed by atoms with Crippen LogP contribution in [0.3, 0.4) is 0 Å². The summed E-state index contributed by atoms with van der Waals surface area (Å²) >= 11 is 0. The molecule has 1 saturated carbocycles. The maximum atomic E-state index is 4.11. The first-order valence-electron chi connectivity index (χ1n) is 13.0. The van der Waals surface area contributed by atoms with Crippen LogP contribution in [0.15, 0.2) is 0 Å². The van der Waals surface area contributed by atoms with Crippen LogP contribution < -0.4 is 5.32 Å². The van der Waals surface area contributed by atoms with E-state index in [0.29, 0.717) is 5.54 Å². The second-order valence-electron chi connectivity index (χ2n) is 9.45. The molecule has 0 saturated heterocycles. The zero-order valence-electron chi connectivity index (χ0n) is 19.4. The molecule has 1 N–H and O–H groups in total. The molecule has 0 amide bonds. The molecule has 0 spiro atoms. The molecule has 2 unspecified atom stereocenters. The van der Waals surface area contributed by atoms with Gasteiger partial charge in [0.2, 0.25) is 0 Å². The summed E-state index contributed by atoms with van der Waals surface area (Å²) in [5.74, 6) is 0.938. The third-order valence-corrected chi connectivity index (χ3v) is 7.05. The van der Waals surface area contributed by atoms with Crippen LogP contribution in [0.2, 0.25) is 0 Å². The molecular weight excluding hydrogens is 326 g/mol. The summed E-state index contributed by atoms with van der Waals surface area (Å²) in [7, 11) is 0. The molecule has 0 heterocycles. The number of rotatable bonds is 18. The van der Waals surface area contributed by atoms with Crippen LogP contribution in [-0.2, 0) is 0 Å². The molecule has 1 fully saturated rings.